The monoisotopic (exact) mass is 438 g/mol. The molecule has 0 radical (unpaired) electrons. The maximum Gasteiger partial charge on any atom is 0.259 e. The molecule has 2 aromatic rings. The molecule has 1 saturated carbocycles. The molecule has 1 amide bonds. The number of amides is 1. The van der Waals surface area contributed by atoms with Gasteiger partial charge in [0, 0.05) is 32.1 Å². The molecule has 32 heavy (non-hydrogen) atoms. The number of aliphatic hydroxyl groups is 1. The molecule has 170 valence electrons. The molecule has 6 nitrogen and oxygen atoms in total. The number of halogens is 1. The number of benzene rings is 2. The molecule has 2 aromatic carbocycles. The van der Waals surface area contributed by atoms with E-state index in [0.717, 1.165) is 31.2 Å². The van der Waals surface area contributed by atoms with Gasteiger partial charge in [-0.05, 0) is 36.1 Å². The Kier molecular flexibility index (Phi) is 6.74. The molecule has 3 N–H and O–H groups in total. The minimum Gasteiger partial charge on any atom is -0.375 e. The Morgan fingerprint density at radius 3 is 2.22 bits per heavy atom. The highest BCUT2D eigenvalue weighted by Gasteiger charge is 2.48. The third kappa shape index (κ3) is 4.63. The first-order valence-electron chi connectivity index (χ1n) is 11.3. The van der Waals surface area contributed by atoms with Crippen LogP contribution in [0.5, 0.6) is 0 Å². The summed E-state index contributed by atoms with van der Waals surface area (Å²) in [6, 6.07) is 15.5. The normalized spacial score (nSPS) is 19.8. The van der Waals surface area contributed by atoms with Crippen molar-refractivity contribution in [3.63, 3.8) is 0 Å². The number of hydrogen-bond donors (Lipinski definition) is 2. The summed E-state index contributed by atoms with van der Waals surface area (Å²) in [4.78, 5) is 21.7. The molecule has 0 unspecified atom stereocenters. The van der Waals surface area contributed by atoms with Gasteiger partial charge in [0.05, 0.1) is 6.54 Å². The van der Waals surface area contributed by atoms with Crippen LogP contribution in [0, 0.1) is 11.7 Å². The number of guanidine groups is 1. The lowest BCUT2D eigenvalue weighted by Gasteiger charge is -2.41. The number of piperazine rings is 1. The van der Waals surface area contributed by atoms with Gasteiger partial charge in [-0.3, -0.25) is 4.79 Å². The average molecular weight is 439 g/mol. The predicted octanol–water partition coefficient (Wildman–Crippen LogP) is 2.86. The Morgan fingerprint density at radius 2 is 1.59 bits per heavy atom. The number of carbonyl (C=O) groups is 1. The van der Waals surface area contributed by atoms with E-state index in [1.807, 2.05) is 35.2 Å². The zero-order valence-corrected chi connectivity index (χ0v) is 18.3. The fourth-order valence-corrected chi connectivity index (χ4v) is 4.81. The third-order valence-corrected chi connectivity index (χ3v) is 6.71. The largest absolute Gasteiger partial charge is 0.375 e. The number of hydrogen-bond acceptors (Lipinski definition) is 3. The second-order valence-electron chi connectivity index (χ2n) is 8.69. The molecule has 0 aromatic heterocycles. The van der Waals surface area contributed by atoms with E-state index in [-0.39, 0.29) is 17.6 Å². The van der Waals surface area contributed by atoms with Gasteiger partial charge in [-0.1, -0.05) is 55.3 Å². The second-order valence-corrected chi connectivity index (χ2v) is 8.69. The Labute approximate surface area is 188 Å². The van der Waals surface area contributed by atoms with E-state index in [1.165, 1.54) is 12.1 Å². The zero-order valence-electron chi connectivity index (χ0n) is 18.3. The van der Waals surface area contributed by atoms with Crippen molar-refractivity contribution in [3.05, 3.63) is 71.5 Å². The summed E-state index contributed by atoms with van der Waals surface area (Å²) in [5, 5.41) is 11.7. The lowest BCUT2D eigenvalue weighted by atomic mass is 9.79. The van der Waals surface area contributed by atoms with Gasteiger partial charge in [0.25, 0.3) is 5.91 Å². The number of carbonyl (C=O) groups excluding carboxylic acids is 1. The van der Waals surface area contributed by atoms with Crippen LogP contribution in [0.3, 0.4) is 0 Å². The first-order chi connectivity index (χ1) is 15.5. The number of nitrogens with two attached hydrogens (primary N) is 1. The van der Waals surface area contributed by atoms with Gasteiger partial charge in [-0.25, -0.2) is 9.38 Å². The summed E-state index contributed by atoms with van der Waals surface area (Å²) in [7, 11) is 0. The fourth-order valence-electron chi connectivity index (χ4n) is 4.81. The summed E-state index contributed by atoms with van der Waals surface area (Å²) in [5.74, 6) is -0.134. The van der Waals surface area contributed by atoms with E-state index in [0.29, 0.717) is 44.2 Å². The van der Waals surface area contributed by atoms with Crippen LogP contribution in [-0.2, 0) is 16.9 Å². The van der Waals surface area contributed by atoms with Crippen molar-refractivity contribution in [2.45, 2.75) is 37.8 Å². The molecule has 0 bridgehead atoms. The van der Waals surface area contributed by atoms with Crippen molar-refractivity contribution in [1.29, 1.82) is 0 Å². The number of nitrogens with zero attached hydrogens (tertiary/aromatic N) is 3. The molecule has 2 aliphatic rings. The average Bonchev–Trinajstić information content (AvgIpc) is 3.39. The topological polar surface area (TPSA) is 82.2 Å². The van der Waals surface area contributed by atoms with Crippen LogP contribution >= 0.6 is 0 Å². The van der Waals surface area contributed by atoms with Crippen molar-refractivity contribution in [2.75, 3.05) is 26.2 Å². The predicted molar refractivity (Wildman–Crippen MR) is 122 cm³/mol. The van der Waals surface area contributed by atoms with Crippen molar-refractivity contribution < 1.29 is 14.3 Å². The van der Waals surface area contributed by atoms with Crippen LogP contribution in [0.15, 0.2) is 59.6 Å². The van der Waals surface area contributed by atoms with E-state index in [1.54, 1.807) is 17.0 Å². The summed E-state index contributed by atoms with van der Waals surface area (Å²) >= 11 is 0. The Hall–Kier alpha value is -2.93. The van der Waals surface area contributed by atoms with Gasteiger partial charge in [-0.15, -0.1) is 0 Å². The first kappa shape index (κ1) is 22.3. The number of aliphatic imine (C=N–C) groups is 1. The standard InChI is InChI=1S/C25H31FN4O2/c26-22-12-10-19(11-13-22)18-28-24(27)30-16-14-29(15-17-30)23(31)25(32,21-8-4-5-9-21)20-6-2-1-3-7-20/h1-3,6-7,10-13,21,32H,4-5,8-9,14-18H2,(H2,27,28)/t25-/m0/s1. The van der Waals surface area contributed by atoms with Crippen LogP contribution in [0.2, 0.25) is 0 Å². The van der Waals surface area contributed by atoms with Crippen LogP contribution in [0.1, 0.15) is 36.8 Å². The summed E-state index contributed by atoms with van der Waals surface area (Å²) in [6.07, 6.45) is 3.81. The van der Waals surface area contributed by atoms with Gasteiger partial charge < -0.3 is 20.6 Å². The van der Waals surface area contributed by atoms with E-state index < -0.39 is 5.60 Å². The van der Waals surface area contributed by atoms with Gasteiger partial charge in [0.15, 0.2) is 11.6 Å². The van der Waals surface area contributed by atoms with Crippen molar-refractivity contribution in [1.82, 2.24) is 9.80 Å². The van der Waals surface area contributed by atoms with E-state index >= 15 is 0 Å². The Balaban J connectivity index is 1.41. The van der Waals surface area contributed by atoms with E-state index in [9.17, 15) is 14.3 Å². The van der Waals surface area contributed by atoms with Crippen molar-refractivity contribution in [3.8, 4) is 0 Å². The Bertz CT molecular complexity index is 936. The highest BCUT2D eigenvalue weighted by atomic mass is 19.1. The minimum atomic E-state index is -1.48. The summed E-state index contributed by atoms with van der Waals surface area (Å²) in [5.41, 5.74) is 6.25. The van der Waals surface area contributed by atoms with Crippen molar-refractivity contribution in [2.24, 2.45) is 16.6 Å². The van der Waals surface area contributed by atoms with Crippen LogP contribution in [-0.4, -0.2) is 53.0 Å². The Morgan fingerprint density at radius 1 is 1.00 bits per heavy atom. The zero-order chi connectivity index (χ0) is 22.6. The molecule has 2 fully saturated rings. The van der Waals surface area contributed by atoms with Crippen LogP contribution in [0.25, 0.3) is 0 Å². The van der Waals surface area contributed by atoms with E-state index in [4.69, 9.17) is 5.73 Å². The molecule has 7 heteroatoms. The maximum absolute atomic E-state index is 13.6. The number of rotatable bonds is 5. The van der Waals surface area contributed by atoms with Crippen LogP contribution in [0.4, 0.5) is 4.39 Å². The molecular formula is C25H31FN4O2. The summed E-state index contributed by atoms with van der Waals surface area (Å²) < 4.78 is 13.1. The summed E-state index contributed by atoms with van der Waals surface area (Å²) in [6.45, 7) is 2.45. The molecular weight excluding hydrogens is 407 g/mol. The molecule has 1 aliphatic heterocycles. The maximum atomic E-state index is 13.6. The molecule has 1 saturated heterocycles. The minimum absolute atomic E-state index is 0.0576. The lowest BCUT2D eigenvalue weighted by molar-refractivity contribution is -0.160. The molecule has 4 rings (SSSR count). The molecule has 1 aliphatic carbocycles. The third-order valence-electron chi connectivity index (χ3n) is 6.71. The van der Waals surface area contributed by atoms with E-state index in [2.05, 4.69) is 4.99 Å². The van der Waals surface area contributed by atoms with Gasteiger partial charge in [-0.2, -0.15) is 0 Å². The smallest absolute Gasteiger partial charge is 0.259 e. The van der Waals surface area contributed by atoms with Gasteiger partial charge in [0.2, 0.25) is 0 Å². The molecule has 0 spiro atoms. The highest BCUT2D eigenvalue weighted by molar-refractivity contribution is 5.87. The van der Waals surface area contributed by atoms with Crippen LogP contribution < -0.4 is 5.73 Å². The first-order valence-corrected chi connectivity index (χ1v) is 11.3. The molecule has 1 atom stereocenters. The van der Waals surface area contributed by atoms with Gasteiger partial charge in [0.1, 0.15) is 5.82 Å². The van der Waals surface area contributed by atoms with Crippen molar-refractivity contribution >= 4 is 11.9 Å². The molecule has 1 heterocycles. The SMILES string of the molecule is NC(=NCc1ccc(F)cc1)N1CCN(C(=O)[C@](O)(c2ccccc2)C2CCCC2)CC1. The second kappa shape index (κ2) is 9.69. The highest BCUT2D eigenvalue weighted by Crippen LogP contribution is 2.42. The quantitative estimate of drug-likeness (QED) is 0.556. The fraction of sp³-hybridized carbons (Fsp3) is 0.440. The van der Waals surface area contributed by atoms with Gasteiger partial charge >= 0.3 is 0 Å². The lowest BCUT2D eigenvalue weighted by Crippen LogP contribution is -2.58.